The van der Waals surface area contributed by atoms with Gasteiger partial charge >= 0.3 is 0 Å². The number of nitrogens with zero attached hydrogens (tertiary/aromatic N) is 2. The van der Waals surface area contributed by atoms with Crippen molar-refractivity contribution in [3.63, 3.8) is 0 Å². The van der Waals surface area contributed by atoms with Crippen molar-refractivity contribution < 1.29 is 14.3 Å². The van der Waals surface area contributed by atoms with Gasteiger partial charge in [-0.25, -0.2) is 0 Å². The van der Waals surface area contributed by atoms with Gasteiger partial charge in [0.2, 0.25) is 0 Å². The van der Waals surface area contributed by atoms with Crippen molar-refractivity contribution in [3.05, 3.63) is 54.1 Å². The number of rotatable bonds is 5. The number of carbonyl (C=O) groups excluding carboxylic acids is 1. The lowest BCUT2D eigenvalue weighted by molar-refractivity contribution is 0.0145. The van der Waals surface area contributed by atoms with Crippen molar-refractivity contribution in [2.75, 3.05) is 40.4 Å². The largest absolute Gasteiger partial charge is 0.497 e. The zero-order chi connectivity index (χ0) is 20.9. The fourth-order valence-electron chi connectivity index (χ4n) is 4.70. The molecule has 0 saturated carbocycles. The van der Waals surface area contributed by atoms with Crippen LogP contribution in [0.15, 0.2) is 48.5 Å². The van der Waals surface area contributed by atoms with Crippen LogP contribution in [0.2, 0.25) is 0 Å². The molecule has 2 aromatic rings. The van der Waals surface area contributed by atoms with E-state index < -0.39 is 0 Å². The molecule has 160 valence electrons. The van der Waals surface area contributed by atoms with Gasteiger partial charge in [-0.1, -0.05) is 24.3 Å². The van der Waals surface area contributed by atoms with Crippen LogP contribution in [-0.2, 0) is 4.74 Å². The average molecular weight is 409 g/mol. The molecule has 0 aromatic heterocycles. The van der Waals surface area contributed by atoms with Crippen molar-refractivity contribution in [3.8, 4) is 16.9 Å². The predicted molar refractivity (Wildman–Crippen MR) is 119 cm³/mol. The topological polar surface area (TPSA) is 42.0 Å². The van der Waals surface area contributed by atoms with Crippen molar-refractivity contribution >= 4 is 5.91 Å². The van der Waals surface area contributed by atoms with E-state index in [1.807, 2.05) is 54.5 Å². The van der Waals surface area contributed by atoms with E-state index in [1.165, 1.54) is 0 Å². The van der Waals surface area contributed by atoms with Gasteiger partial charge in [0.15, 0.2) is 0 Å². The van der Waals surface area contributed by atoms with Gasteiger partial charge in [-0.3, -0.25) is 4.79 Å². The Morgan fingerprint density at radius 3 is 2.20 bits per heavy atom. The first-order valence-corrected chi connectivity index (χ1v) is 11.0. The molecule has 30 heavy (non-hydrogen) atoms. The molecule has 4 rings (SSSR count). The molecular weight excluding hydrogens is 376 g/mol. The van der Waals surface area contributed by atoms with E-state index in [4.69, 9.17) is 9.47 Å². The Hall–Kier alpha value is -2.37. The van der Waals surface area contributed by atoms with Gasteiger partial charge in [0.05, 0.1) is 13.2 Å². The molecule has 2 aromatic carbocycles. The highest BCUT2D eigenvalue weighted by Crippen LogP contribution is 2.26. The molecule has 0 bridgehead atoms. The van der Waals surface area contributed by atoms with Crippen LogP contribution in [0, 0.1) is 0 Å². The van der Waals surface area contributed by atoms with Crippen LogP contribution in [0.5, 0.6) is 5.75 Å². The third-order valence-electron chi connectivity index (χ3n) is 6.61. The summed E-state index contributed by atoms with van der Waals surface area (Å²) in [5.41, 5.74) is 2.94. The van der Waals surface area contributed by atoms with E-state index in [9.17, 15) is 4.79 Å². The lowest BCUT2D eigenvalue weighted by atomic mass is 9.98. The van der Waals surface area contributed by atoms with Crippen molar-refractivity contribution in [1.82, 2.24) is 9.80 Å². The van der Waals surface area contributed by atoms with Gasteiger partial charge in [-0.2, -0.15) is 0 Å². The van der Waals surface area contributed by atoms with Gasteiger partial charge in [-0.05, 0) is 61.1 Å². The van der Waals surface area contributed by atoms with E-state index in [0.717, 1.165) is 74.3 Å². The number of benzene rings is 2. The SMILES string of the molecule is COc1cccc(-c2ccc(C(=O)N3CCC(N4CCC(OC)CC4)CC3)cc2)c1. The Bertz CT molecular complexity index is 836. The van der Waals surface area contributed by atoms with E-state index >= 15 is 0 Å². The minimum absolute atomic E-state index is 0.142. The second-order valence-corrected chi connectivity index (χ2v) is 8.30. The smallest absolute Gasteiger partial charge is 0.253 e. The first kappa shape index (κ1) is 20.9. The fraction of sp³-hybridized carbons (Fsp3) is 0.480. The molecule has 5 heteroatoms. The van der Waals surface area contributed by atoms with Gasteiger partial charge in [0.1, 0.15) is 5.75 Å². The summed E-state index contributed by atoms with van der Waals surface area (Å²) in [5, 5.41) is 0. The second kappa shape index (κ2) is 9.63. The molecular formula is C25H32N2O3. The molecule has 2 saturated heterocycles. The molecule has 2 fully saturated rings. The van der Waals surface area contributed by atoms with Crippen molar-refractivity contribution in [2.45, 2.75) is 37.8 Å². The van der Waals surface area contributed by atoms with Crippen molar-refractivity contribution in [1.29, 1.82) is 0 Å². The quantitative estimate of drug-likeness (QED) is 0.748. The summed E-state index contributed by atoms with van der Waals surface area (Å²) in [6.07, 6.45) is 4.78. The number of carbonyl (C=O) groups is 1. The zero-order valence-electron chi connectivity index (χ0n) is 18.0. The summed E-state index contributed by atoms with van der Waals surface area (Å²) in [7, 11) is 3.49. The van der Waals surface area contributed by atoms with Crippen LogP contribution in [0.25, 0.3) is 11.1 Å². The summed E-state index contributed by atoms with van der Waals surface area (Å²) in [5.74, 6) is 0.978. The zero-order valence-corrected chi connectivity index (χ0v) is 18.0. The maximum atomic E-state index is 13.0. The fourth-order valence-corrected chi connectivity index (χ4v) is 4.70. The lowest BCUT2D eigenvalue weighted by Crippen LogP contribution is -2.49. The third-order valence-corrected chi connectivity index (χ3v) is 6.61. The van der Waals surface area contributed by atoms with E-state index in [2.05, 4.69) is 11.0 Å². The maximum Gasteiger partial charge on any atom is 0.253 e. The first-order valence-electron chi connectivity index (χ1n) is 11.0. The summed E-state index contributed by atoms with van der Waals surface area (Å²) in [6.45, 7) is 3.91. The van der Waals surface area contributed by atoms with Gasteiger partial charge in [0.25, 0.3) is 5.91 Å². The van der Waals surface area contributed by atoms with Crippen LogP contribution in [-0.4, -0.2) is 68.3 Å². The maximum absolute atomic E-state index is 13.0. The van der Waals surface area contributed by atoms with E-state index in [1.54, 1.807) is 7.11 Å². The number of likely N-dealkylation sites (tertiary alicyclic amines) is 2. The van der Waals surface area contributed by atoms with Crippen LogP contribution in [0.4, 0.5) is 0 Å². The Morgan fingerprint density at radius 1 is 0.867 bits per heavy atom. The molecule has 0 radical (unpaired) electrons. The van der Waals surface area contributed by atoms with Crippen LogP contribution in [0.3, 0.4) is 0 Å². The molecule has 1 amide bonds. The van der Waals surface area contributed by atoms with Gasteiger partial charge in [0, 0.05) is 44.9 Å². The highest BCUT2D eigenvalue weighted by molar-refractivity contribution is 5.94. The number of ether oxygens (including phenoxy) is 2. The Kier molecular flexibility index (Phi) is 6.70. The van der Waals surface area contributed by atoms with Gasteiger partial charge < -0.3 is 19.3 Å². The highest BCUT2D eigenvalue weighted by atomic mass is 16.5. The normalized spacial score (nSPS) is 19.1. The summed E-state index contributed by atoms with van der Waals surface area (Å²) in [4.78, 5) is 17.6. The molecule has 5 nitrogen and oxygen atoms in total. The van der Waals surface area contributed by atoms with E-state index in [-0.39, 0.29) is 5.91 Å². The minimum atomic E-state index is 0.142. The van der Waals surface area contributed by atoms with E-state index in [0.29, 0.717) is 12.1 Å². The third kappa shape index (κ3) is 4.68. The van der Waals surface area contributed by atoms with Crippen LogP contribution < -0.4 is 4.74 Å². The number of hydrogen-bond acceptors (Lipinski definition) is 4. The Balaban J connectivity index is 1.33. The number of hydrogen-bond donors (Lipinski definition) is 0. The van der Waals surface area contributed by atoms with Crippen LogP contribution >= 0.6 is 0 Å². The monoisotopic (exact) mass is 408 g/mol. The van der Waals surface area contributed by atoms with Gasteiger partial charge in [-0.15, -0.1) is 0 Å². The molecule has 0 N–H and O–H groups in total. The number of methoxy groups -OCH3 is 2. The lowest BCUT2D eigenvalue weighted by Gasteiger charge is -2.41. The molecule has 2 heterocycles. The summed E-state index contributed by atoms with van der Waals surface area (Å²) >= 11 is 0. The van der Waals surface area contributed by atoms with Crippen LogP contribution in [0.1, 0.15) is 36.0 Å². The summed E-state index contributed by atoms with van der Waals surface area (Å²) < 4.78 is 10.8. The molecule has 2 aliphatic rings. The number of amides is 1. The minimum Gasteiger partial charge on any atom is -0.497 e. The molecule has 0 unspecified atom stereocenters. The second-order valence-electron chi connectivity index (χ2n) is 8.30. The Morgan fingerprint density at radius 2 is 1.57 bits per heavy atom. The Labute approximate surface area is 179 Å². The predicted octanol–water partition coefficient (Wildman–Crippen LogP) is 4.08. The first-order chi connectivity index (χ1) is 14.7. The highest BCUT2D eigenvalue weighted by Gasteiger charge is 2.29. The van der Waals surface area contributed by atoms with Crippen molar-refractivity contribution in [2.24, 2.45) is 0 Å². The standard InChI is InChI=1S/C25H32N2O3/c1-29-23-12-16-26(17-13-23)22-10-14-27(15-11-22)25(28)20-8-6-19(7-9-20)21-4-3-5-24(18-21)30-2/h3-9,18,22-23H,10-17H2,1-2H3. The molecule has 0 aliphatic carbocycles. The molecule has 0 atom stereocenters. The average Bonchev–Trinajstić information content (AvgIpc) is 2.84. The summed E-state index contributed by atoms with van der Waals surface area (Å²) in [6, 6.07) is 16.5. The molecule has 2 aliphatic heterocycles. The number of piperidine rings is 2. The molecule has 0 spiro atoms.